The predicted molar refractivity (Wildman–Crippen MR) is 193 cm³/mol. The first-order valence-corrected chi connectivity index (χ1v) is 18.4. The van der Waals surface area contributed by atoms with E-state index in [0.29, 0.717) is 23.7 Å². The zero-order valence-electron chi connectivity index (χ0n) is 29.1. The van der Waals surface area contributed by atoms with Gasteiger partial charge in [-0.1, -0.05) is 159 Å². The lowest BCUT2D eigenvalue weighted by atomic mass is 10.0. The summed E-state index contributed by atoms with van der Waals surface area (Å²) in [7, 11) is 0. The normalized spacial score (nSPS) is 11.8. The number of para-hydroxylation sites is 2. The fourth-order valence-corrected chi connectivity index (χ4v) is 5.74. The van der Waals surface area contributed by atoms with Crippen molar-refractivity contribution in [1.29, 1.82) is 0 Å². The fourth-order valence-electron chi connectivity index (χ4n) is 5.74. The number of hydrogen-bond donors (Lipinski definition) is 0. The Hall–Kier alpha value is -3.11. The summed E-state index contributed by atoms with van der Waals surface area (Å²) in [5, 5.41) is 0. The number of esters is 1. The second-order valence-corrected chi connectivity index (χ2v) is 12.7. The Balaban J connectivity index is 1.39. The molecule has 0 aliphatic carbocycles. The molecule has 1 unspecified atom stereocenters. The molecule has 0 spiro atoms. The summed E-state index contributed by atoms with van der Waals surface area (Å²) in [5.41, 5.74) is 3.85. The summed E-state index contributed by atoms with van der Waals surface area (Å²) in [6.07, 6.45) is 22.0. The van der Waals surface area contributed by atoms with Gasteiger partial charge in [0.15, 0.2) is 11.5 Å². The molecule has 0 aromatic heterocycles. The van der Waals surface area contributed by atoms with Crippen LogP contribution < -0.4 is 9.47 Å². The van der Waals surface area contributed by atoms with E-state index in [1.54, 1.807) is 6.07 Å². The Bertz CT molecular complexity index is 1200. The van der Waals surface area contributed by atoms with E-state index in [2.05, 4.69) is 45.0 Å². The Morgan fingerprint density at radius 3 is 1.54 bits per heavy atom. The molecule has 0 saturated heterocycles. The van der Waals surface area contributed by atoms with Crippen LogP contribution in [0.3, 0.4) is 0 Å². The third-order valence-electron chi connectivity index (χ3n) is 8.76. The number of hydrogen-bond acceptors (Lipinski definition) is 4. The third kappa shape index (κ3) is 14.5. The van der Waals surface area contributed by atoms with Crippen molar-refractivity contribution in [3.05, 3.63) is 83.9 Å². The van der Waals surface area contributed by atoms with Gasteiger partial charge in [-0.2, -0.15) is 0 Å². The second-order valence-electron chi connectivity index (χ2n) is 12.7. The molecular formula is C42H60O4. The lowest BCUT2D eigenvalue weighted by Crippen LogP contribution is -2.10. The SMILES string of the molecule is CCCCCCCCCCCCOc1ccccc1OC(=O)c1ccc(-c2ccc(C(C)OCCCCCCCCC)cc2)cc1. The van der Waals surface area contributed by atoms with Gasteiger partial charge in [0, 0.05) is 6.61 Å². The first-order valence-electron chi connectivity index (χ1n) is 18.4. The van der Waals surface area contributed by atoms with E-state index in [0.717, 1.165) is 37.0 Å². The van der Waals surface area contributed by atoms with E-state index in [1.165, 1.54) is 95.5 Å². The summed E-state index contributed by atoms with van der Waals surface area (Å²) in [6, 6.07) is 23.6. The standard InChI is InChI=1S/C42H60O4/c1-4-6-8-10-12-13-14-16-18-22-34-45-40-23-19-20-24-41(40)46-42(43)39-31-29-38(30-32-39)37-27-25-36(26-28-37)35(3)44-33-21-17-15-11-9-7-5-2/h19-20,23-32,35H,4-18,21-22,33-34H2,1-3H3. The number of carbonyl (C=O) groups is 1. The van der Waals surface area contributed by atoms with E-state index in [4.69, 9.17) is 14.2 Å². The molecule has 252 valence electrons. The van der Waals surface area contributed by atoms with Crippen molar-refractivity contribution in [2.45, 2.75) is 136 Å². The molecule has 0 aliphatic rings. The topological polar surface area (TPSA) is 44.8 Å². The highest BCUT2D eigenvalue weighted by Gasteiger charge is 2.13. The third-order valence-corrected chi connectivity index (χ3v) is 8.76. The van der Waals surface area contributed by atoms with Gasteiger partial charge in [0.2, 0.25) is 0 Å². The molecule has 0 heterocycles. The van der Waals surface area contributed by atoms with Crippen LogP contribution in [0.4, 0.5) is 0 Å². The minimum atomic E-state index is -0.385. The predicted octanol–water partition coefficient (Wildman–Crippen LogP) is 12.7. The van der Waals surface area contributed by atoms with Gasteiger partial charge >= 0.3 is 5.97 Å². The number of rotatable bonds is 25. The van der Waals surface area contributed by atoms with Crippen LogP contribution in [0.2, 0.25) is 0 Å². The van der Waals surface area contributed by atoms with Crippen LogP contribution in [0.1, 0.15) is 152 Å². The molecule has 3 aromatic carbocycles. The van der Waals surface area contributed by atoms with Crippen molar-refractivity contribution in [3.8, 4) is 22.6 Å². The fraction of sp³-hybridized carbons (Fsp3) is 0.548. The quantitative estimate of drug-likeness (QED) is 0.0532. The first-order chi connectivity index (χ1) is 22.6. The molecule has 3 aromatic rings. The van der Waals surface area contributed by atoms with Crippen LogP contribution >= 0.6 is 0 Å². The maximum Gasteiger partial charge on any atom is 0.343 e. The lowest BCUT2D eigenvalue weighted by Gasteiger charge is -2.14. The number of unbranched alkanes of at least 4 members (excludes halogenated alkanes) is 15. The average molecular weight is 629 g/mol. The molecule has 0 N–H and O–H groups in total. The Kier molecular flexibility index (Phi) is 18.9. The van der Waals surface area contributed by atoms with Crippen LogP contribution in [-0.2, 0) is 4.74 Å². The summed E-state index contributed by atoms with van der Waals surface area (Å²) in [4.78, 5) is 13.0. The molecule has 0 bridgehead atoms. The number of carbonyl (C=O) groups excluding carboxylic acids is 1. The van der Waals surface area contributed by atoms with Gasteiger partial charge in [-0.3, -0.25) is 0 Å². The smallest absolute Gasteiger partial charge is 0.343 e. The molecule has 4 nitrogen and oxygen atoms in total. The molecule has 0 amide bonds. The van der Waals surface area contributed by atoms with Crippen molar-refractivity contribution >= 4 is 5.97 Å². The summed E-state index contributed by atoms with van der Waals surface area (Å²) < 4.78 is 17.9. The molecule has 4 heteroatoms. The summed E-state index contributed by atoms with van der Waals surface area (Å²) >= 11 is 0. The van der Waals surface area contributed by atoms with Crippen molar-refractivity contribution in [2.24, 2.45) is 0 Å². The van der Waals surface area contributed by atoms with Gasteiger partial charge in [-0.05, 0) is 60.7 Å². The van der Waals surface area contributed by atoms with Crippen molar-refractivity contribution < 1.29 is 19.0 Å². The maximum absolute atomic E-state index is 13.0. The van der Waals surface area contributed by atoms with Gasteiger partial charge in [-0.15, -0.1) is 0 Å². The molecule has 0 radical (unpaired) electrons. The van der Waals surface area contributed by atoms with Gasteiger partial charge in [0.1, 0.15) is 0 Å². The lowest BCUT2D eigenvalue weighted by molar-refractivity contribution is 0.0627. The molecule has 0 saturated carbocycles. The van der Waals surface area contributed by atoms with Crippen LogP contribution in [0.5, 0.6) is 11.5 Å². The Labute approximate surface area is 280 Å². The average Bonchev–Trinajstić information content (AvgIpc) is 3.09. The monoisotopic (exact) mass is 628 g/mol. The van der Waals surface area contributed by atoms with E-state index in [9.17, 15) is 4.79 Å². The maximum atomic E-state index is 13.0. The van der Waals surface area contributed by atoms with Gasteiger partial charge in [0.05, 0.1) is 18.3 Å². The number of ether oxygens (including phenoxy) is 3. The molecule has 0 fully saturated rings. The zero-order chi connectivity index (χ0) is 32.7. The second kappa shape index (κ2) is 23.2. The molecule has 46 heavy (non-hydrogen) atoms. The van der Waals surface area contributed by atoms with Crippen LogP contribution in [-0.4, -0.2) is 19.2 Å². The molecular weight excluding hydrogens is 568 g/mol. The van der Waals surface area contributed by atoms with Gasteiger partial charge in [0.25, 0.3) is 0 Å². The van der Waals surface area contributed by atoms with Crippen molar-refractivity contribution in [1.82, 2.24) is 0 Å². The Morgan fingerprint density at radius 1 is 0.543 bits per heavy atom. The van der Waals surface area contributed by atoms with Crippen molar-refractivity contribution in [3.63, 3.8) is 0 Å². The Morgan fingerprint density at radius 2 is 1.00 bits per heavy atom. The van der Waals surface area contributed by atoms with Crippen LogP contribution in [0.15, 0.2) is 72.8 Å². The van der Waals surface area contributed by atoms with Gasteiger partial charge in [-0.25, -0.2) is 4.79 Å². The highest BCUT2D eigenvalue weighted by molar-refractivity contribution is 5.92. The summed E-state index contributed by atoms with van der Waals surface area (Å²) in [6.45, 7) is 8.08. The van der Waals surface area contributed by atoms with E-state index in [-0.39, 0.29) is 12.1 Å². The van der Waals surface area contributed by atoms with Crippen LogP contribution in [0, 0.1) is 0 Å². The number of benzene rings is 3. The highest BCUT2D eigenvalue weighted by atomic mass is 16.6. The molecule has 0 aliphatic heterocycles. The molecule has 3 rings (SSSR count). The van der Waals surface area contributed by atoms with Gasteiger partial charge < -0.3 is 14.2 Å². The largest absolute Gasteiger partial charge is 0.490 e. The van der Waals surface area contributed by atoms with Crippen molar-refractivity contribution in [2.75, 3.05) is 13.2 Å². The highest BCUT2D eigenvalue weighted by Crippen LogP contribution is 2.29. The minimum Gasteiger partial charge on any atom is -0.490 e. The van der Waals surface area contributed by atoms with Crippen LogP contribution in [0.25, 0.3) is 11.1 Å². The zero-order valence-corrected chi connectivity index (χ0v) is 29.1. The first kappa shape index (κ1) is 37.3. The molecule has 1 atom stereocenters. The van der Waals surface area contributed by atoms with E-state index < -0.39 is 0 Å². The van der Waals surface area contributed by atoms with E-state index >= 15 is 0 Å². The summed E-state index contributed by atoms with van der Waals surface area (Å²) in [5.74, 6) is 0.690. The minimum absolute atomic E-state index is 0.0769. The van der Waals surface area contributed by atoms with E-state index in [1.807, 2.05) is 42.5 Å².